The molecule has 0 radical (unpaired) electrons. The summed E-state index contributed by atoms with van der Waals surface area (Å²) >= 11 is 0. The molecule has 2 rings (SSSR count). The Hall–Kier alpha value is -1.62. The zero-order valence-corrected chi connectivity index (χ0v) is 9.73. The van der Waals surface area contributed by atoms with Crippen molar-refractivity contribution in [3.8, 4) is 0 Å². The lowest BCUT2D eigenvalue weighted by Gasteiger charge is -2.12. The molecule has 0 atom stereocenters. The third-order valence-electron chi connectivity index (χ3n) is 3.10. The van der Waals surface area contributed by atoms with Gasteiger partial charge in [-0.1, -0.05) is 0 Å². The molecule has 0 amide bonds. The van der Waals surface area contributed by atoms with Crippen molar-refractivity contribution >= 4 is 5.97 Å². The van der Waals surface area contributed by atoms with Crippen LogP contribution in [0.2, 0.25) is 0 Å². The van der Waals surface area contributed by atoms with Crippen LogP contribution in [-0.4, -0.2) is 29.4 Å². The van der Waals surface area contributed by atoms with E-state index < -0.39 is 11.5 Å². The van der Waals surface area contributed by atoms with Crippen LogP contribution in [0.25, 0.3) is 0 Å². The van der Waals surface area contributed by atoms with Gasteiger partial charge in [0.2, 0.25) is 0 Å². The number of methoxy groups -OCH3 is 1. The molecule has 1 aliphatic carbocycles. The topological polar surface area (TPSA) is 68.5 Å². The predicted molar refractivity (Wildman–Crippen MR) is 61.6 cm³/mol. The molecule has 1 aliphatic rings. The fourth-order valence-corrected chi connectivity index (χ4v) is 2.29. The van der Waals surface area contributed by atoms with E-state index in [1.165, 1.54) is 6.07 Å². The van der Waals surface area contributed by atoms with Gasteiger partial charge in [0.25, 0.3) is 5.56 Å². The number of aromatic nitrogens is 1. The van der Waals surface area contributed by atoms with Crippen molar-refractivity contribution in [1.29, 1.82) is 0 Å². The van der Waals surface area contributed by atoms with Gasteiger partial charge in [-0.15, -0.1) is 0 Å². The Bertz CT molecular complexity index is 504. The van der Waals surface area contributed by atoms with Gasteiger partial charge in [0.05, 0.1) is 6.61 Å². The Morgan fingerprint density at radius 1 is 1.53 bits per heavy atom. The van der Waals surface area contributed by atoms with Crippen LogP contribution in [0.4, 0.5) is 0 Å². The highest BCUT2D eigenvalue weighted by Crippen LogP contribution is 2.21. The molecule has 0 aliphatic heterocycles. The minimum atomic E-state index is -1.16. The highest BCUT2D eigenvalue weighted by molar-refractivity contribution is 5.87. The lowest BCUT2D eigenvalue weighted by Crippen LogP contribution is -2.30. The molecular formula is C12H15NO4. The maximum atomic E-state index is 12.0. The molecule has 17 heavy (non-hydrogen) atoms. The summed E-state index contributed by atoms with van der Waals surface area (Å²) in [6, 6.07) is 1.52. The molecule has 1 aromatic rings. The van der Waals surface area contributed by atoms with E-state index in [4.69, 9.17) is 9.84 Å². The van der Waals surface area contributed by atoms with Gasteiger partial charge in [-0.25, -0.2) is 4.79 Å². The minimum Gasteiger partial charge on any atom is -0.477 e. The van der Waals surface area contributed by atoms with Gasteiger partial charge in [0.15, 0.2) is 0 Å². The Balaban J connectivity index is 2.54. The molecule has 0 spiro atoms. The molecular weight excluding hydrogens is 222 g/mol. The van der Waals surface area contributed by atoms with Crippen LogP contribution in [0.5, 0.6) is 0 Å². The van der Waals surface area contributed by atoms with Crippen molar-refractivity contribution in [2.24, 2.45) is 0 Å². The van der Waals surface area contributed by atoms with Crippen molar-refractivity contribution in [3.63, 3.8) is 0 Å². The average Bonchev–Trinajstić information content (AvgIpc) is 2.74. The fourth-order valence-electron chi connectivity index (χ4n) is 2.29. The molecule has 0 aromatic carbocycles. The number of hydrogen-bond donors (Lipinski definition) is 1. The summed E-state index contributed by atoms with van der Waals surface area (Å²) in [7, 11) is 1.56. The van der Waals surface area contributed by atoms with Gasteiger partial charge in [-0.05, 0) is 30.9 Å². The summed E-state index contributed by atoms with van der Waals surface area (Å²) in [5.41, 5.74) is 1.40. The molecule has 0 saturated heterocycles. The van der Waals surface area contributed by atoms with Crippen molar-refractivity contribution in [2.45, 2.75) is 25.8 Å². The van der Waals surface area contributed by atoms with Crippen molar-refractivity contribution in [3.05, 3.63) is 33.2 Å². The average molecular weight is 237 g/mol. The Morgan fingerprint density at radius 2 is 2.29 bits per heavy atom. The highest BCUT2D eigenvalue weighted by Gasteiger charge is 2.21. The first-order valence-corrected chi connectivity index (χ1v) is 5.63. The summed E-state index contributed by atoms with van der Waals surface area (Å²) in [6.45, 7) is 0.828. The van der Waals surface area contributed by atoms with Crippen LogP contribution in [0.3, 0.4) is 0 Å². The van der Waals surface area contributed by atoms with E-state index in [9.17, 15) is 9.59 Å². The van der Waals surface area contributed by atoms with E-state index in [0.29, 0.717) is 13.2 Å². The molecule has 5 heteroatoms. The first-order valence-electron chi connectivity index (χ1n) is 5.63. The first kappa shape index (κ1) is 11.9. The van der Waals surface area contributed by atoms with Crippen molar-refractivity contribution < 1.29 is 14.6 Å². The van der Waals surface area contributed by atoms with Gasteiger partial charge >= 0.3 is 5.97 Å². The summed E-state index contributed by atoms with van der Waals surface area (Å²) in [4.78, 5) is 23.0. The number of fused-ring (bicyclic) bond motifs is 1. The third kappa shape index (κ3) is 2.10. The number of carboxylic acids is 1. The van der Waals surface area contributed by atoms with Gasteiger partial charge in [-0.2, -0.15) is 0 Å². The lowest BCUT2D eigenvalue weighted by atomic mass is 10.1. The number of hydrogen-bond acceptors (Lipinski definition) is 3. The quantitative estimate of drug-likeness (QED) is 0.836. The van der Waals surface area contributed by atoms with Crippen molar-refractivity contribution in [2.75, 3.05) is 13.7 Å². The minimum absolute atomic E-state index is 0.137. The monoisotopic (exact) mass is 237 g/mol. The van der Waals surface area contributed by atoms with E-state index >= 15 is 0 Å². The predicted octanol–water partition coefficient (Wildman–Crippen LogP) is 0.682. The van der Waals surface area contributed by atoms with Crippen LogP contribution >= 0.6 is 0 Å². The van der Waals surface area contributed by atoms with Crippen LogP contribution in [-0.2, 0) is 24.1 Å². The number of aromatic carboxylic acids is 1. The maximum Gasteiger partial charge on any atom is 0.341 e. The first-order chi connectivity index (χ1) is 8.15. The highest BCUT2D eigenvalue weighted by atomic mass is 16.5. The Kier molecular flexibility index (Phi) is 3.28. The van der Waals surface area contributed by atoms with E-state index in [1.54, 1.807) is 11.7 Å². The van der Waals surface area contributed by atoms with E-state index in [0.717, 1.165) is 30.5 Å². The number of aryl methyl sites for hydroxylation is 1. The second-order valence-corrected chi connectivity index (χ2v) is 4.14. The summed E-state index contributed by atoms with van der Waals surface area (Å²) < 4.78 is 6.50. The van der Waals surface area contributed by atoms with Gasteiger partial charge in [-0.3, -0.25) is 4.79 Å². The van der Waals surface area contributed by atoms with Crippen LogP contribution in [0, 0.1) is 0 Å². The van der Waals surface area contributed by atoms with E-state index in [-0.39, 0.29) is 5.56 Å². The number of carboxylic acid groups (broad SMARTS) is 1. The number of rotatable bonds is 4. The fraction of sp³-hybridized carbons (Fsp3) is 0.500. The second kappa shape index (κ2) is 4.71. The third-order valence-corrected chi connectivity index (χ3v) is 3.10. The molecule has 0 unspecified atom stereocenters. The van der Waals surface area contributed by atoms with Crippen molar-refractivity contribution in [1.82, 2.24) is 4.57 Å². The number of ether oxygens (including phenoxy) is 1. The summed E-state index contributed by atoms with van der Waals surface area (Å²) in [5, 5.41) is 9.00. The van der Waals surface area contributed by atoms with Crippen LogP contribution in [0.1, 0.15) is 28.0 Å². The second-order valence-electron chi connectivity index (χ2n) is 4.14. The van der Waals surface area contributed by atoms with E-state index in [1.807, 2.05) is 0 Å². The molecule has 0 fully saturated rings. The smallest absolute Gasteiger partial charge is 0.341 e. The summed E-state index contributed by atoms with van der Waals surface area (Å²) in [5.74, 6) is -1.16. The molecule has 92 valence electrons. The van der Waals surface area contributed by atoms with Gasteiger partial charge in [0.1, 0.15) is 5.56 Å². The number of nitrogens with zero attached hydrogens (tertiary/aromatic N) is 1. The van der Waals surface area contributed by atoms with Crippen LogP contribution < -0.4 is 5.56 Å². The molecule has 0 bridgehead atoms. The molecule has 5 nitrogen and oxygen atoms in total. The number of carbonyl (C=O) groups is 1. The Morgan fingerprint density at radius 3 is 2.94 bits per heavy atom. The molecule has 0 saturated carbocycles. The SMILES string of the molecule is COCCn1c2c(cc(C(=O)O)c1=O)CCC2. The Labute approximate surface area is 98.6 Å². The zero-order valence-electron chi connectivity index (χ0n) is 9.73. The summed E-state index contributed by atoms with van der Waals surface area (Å²) in [6.07, 6.45) is 2.67. The standard InChI is InChI=1S/C12H15NO4/c1-17-6-5-13-10-4-2-3-8(10)7-9(11(13)14)12(15)16/h7H,2-6H2,1H3,(H,15,16). The lowest BCUT2D eigenvalue weighted by molar-refractivity contribution is 0.0693. The zero-order chi connectivity index (χ0) is 12.4. The normalized spacial score (nSPS) is 13.7. The largest absolute Gasteiger partial charge is 0.477 e. The molecule has 1 aromatic heterocycles. The maximum absolute atomic E-state index is 12.0. The van der Waals surface area contributed by atoms with Gasteiger partial charge < -0.3 is 14.4 Å². The van der Waals surface area contributed by atoms with E-state index in [2.05, 4.69) is 0 Å². The van der Waals surface area contributed by atoms with Crippen LogP contribution in [0.15, 0.2) is 10.9 Å². The number of pyridine rings is 1. The molecule has 1 N–H and O–H groups in total. The molecule has 1 heterocycles. The van der Waals surface area contributed by atoms with Gasteiger partial charge in [0, 0.05) is 19.3 Å².